The summed E-state index contributed by atoms with van der Waals surface area (Å²) in [6, 6.07) is 8.95. The highest BCUT2D eigenvalue weighted by molar-refractivity contribution is 9.10. The second-order valence-corrected chi connectivity index (χ2v) is 5.12. The van der Waals surface area contributed by atoms with E-state index >= 15 is 0 Å². The molecule has 1 aromatic carbocycles. The topological polar surface area (TPSA) is 12.0 Å². The minimum Gasteiger partial charge on any atom is -0.306 e. The third kappa shape index (κ3) is 4.50. The average molecular weight is 282 g/mol. The summed E-state index contributed by atoms with van der Waals surface area (Å²) in [5, 5.41) is 3.55. The molecule has 0 aromatic heterocycles. The largest absolute Gasteiger partial charge is 0.306 e. The summed E-state index contributed by atoms with van der Waals surface area (Å²) in [6.07, 6.45) is 3.33. The molecule has 0 radical (unpaired) electrons. The lowest BCUT2D eigenvalue weighted by Crippen LogP contribution is -2.20. The first-order valence-electron chi connectivity index (χ1n) is 5.75. The van der Waals surface area contributed by atoms with E-state index in [1.165, 1.54) is 11.1 Å². The number of benzene rings is 1. The van der Waals surface area contributed by atoms with Crippen molar-refractivity contribution in [2.24, 2.45) is 0 Å². The summed E-state index contributed by atoms with van der Waals surface area (Å²) in [5.74, 6) is 0. The zero-order chi connectivity index (χ0) is 12.0. The van der Waals surface area contributed by atoms with E-state index in [1.807, 2.05) is 0 Å². The lowest BCUT2D eigenvalue weighted by atomic mass is 10.0. The van der Waals surface area contributed by atoms with Gasteiger partial charge in [0.05, 0.1) is 0 Å². The van der Waals surface area contributed by atoms with Crippen LogP contribution >= 0.6 is 15.9 Å². The number of allylic oxidation sites excluding steroid dienone is 1. The van der Waals surface area contributed by atoms with Crippen molar-refractivity contribution in [3.63, 3.8) is 0 Å². The van der Waals surface area contributed by atoms with Crippen LogP contribution in [0.4, 0.5) is 0 Å². The van der Waals surface area contributed by atoms with Crippen LogP contribution in [-0.2, 0) is 0 Å². The fourth-order valence-corrected chi connectivity index (χ4v) is 2.04. The molecular formula is C14H20BrN. The molecule has 88 valence electrons. The molecule has 2 heteroatoms. The summed E-state index contributed by atoms with van der Waals surface area (Å²) in [4.78, 5) is 0. The molecule has 0 bridgehead atoms. The van der Waals surface area contributed by atoms with Crippen molar-refractivity contribution in [2.45, 2.75) is 33.2 Å². The first-order valence-corrected chi connectivity index (χ1v) is 6.55. The van der Waals surface area contributed by atoms with Crippen LogP contribution in [0.15, 0.2) is 40.4 Å². The Morgan fingerprint density at radius 3 is 2.75 bits per heavy atom. The molecule has 0 aliphatic heterocycles. The van der Waals surface area contributed by atoms with Gasteiger partial charge in [0.25, 0.3) is 0 Å². The summed E-state index contributed by atoms with van der Waals surface area (Å²) in [6.45, 7) is 7.40. The predicted molar refractivity (Wildman–Crippen MR) is 74.6 cm³/mol. The van der Waals surface area contributed by atoms with Gasteiger partial charge in [-0.1, -0.05) is 46.6 Å². The van der Waals surface area contributed by atoms with Crippen molar-refractivity contribution >= 4 is 15.9 Å². The lowest BCUT2D eigenvalue weighted by Gasteiger charge is -2.16. The molecule has 1 aromatic rings. The predicted octanol–water partition coefficient (Wildman–Crippen LogP) is 4.46. The standard InChI is InChI=1S/C14H20BrN/c1-4-14(16-9-8-11(2)3)12-6-5-7-13(15)10-12/h5-8,10,14,16H,4,9H2,1-3H3. The molecule has 0 saturated heterocycles. The summed E-state index contributed by atoms with van der Waals surface area (Å²) in [7, 11) is 0. The number of rotatable bonds is 5. The van der Waals surface area contributed by atoms with Gasteiger partial charge in [-0.05, 0) is 38.0 Å². The second-order valence-electron chi connectivity index (χ2n) is 4.21. The van der Waals surface area contributed by atoms with E-state index in [-0.39, 0.29) is 0 Å². The van der Waals surface area contributed by atoms with Crippen LogP contribution < -0.4 is 5.32 Å². The van der Waals surface area contributed by atoms with E-state index in [0.29, 0.717) is 6.04 Å². The van der Waals surface area contributed by atoms with Gasteiger partial charge in [0.1, 0.15) is 0 Å². The van der Waals surface area contributed by atoms with E-state index in [9.17, 15) is 0 Å². The Kier molecular flexibility index (Phi) is 5.78. The van der Waals surface area contributed by atoms with Gasteiger partial charge in [0.15, 0.2) is 0 Å². The van der Waals surface area contributed by atoms with Crippen molar-refractivity contribution in [3.8, 4) is 0 Å². The first-order chi connectivity index (χ1) is 7.63. The Morgan fingerprint density at radius 1 is 1.44 bits per heavy atom. The minimum absolute atomic E-state index is 0.438. The van der Waals surface area contributed by atoms with Crippen LogP contribution in [0, 0.1) is 0 Å². The molecule has 1 unspecified atom stereocenters. The van der Waals surface area contributed by atoms with E-state index in [1.54, 1.807) is 0 Å². The smallest absolute Gasteiger partial charge is 0.0320 e. The molecular weight excluding hydrogens is 262 g/mol. The molecule has 0 fully saturated rings. The van der Waals surface area contributed by atoms with Crippen molar-refractivity contribution in [3.05, 3.63) is 46.0 Å². The summed E-state index contributed by atoms with van der Waals surface area (Å²) >= 11 is 3.51. The Labute approximate surface area is 107 Å². The fraction of sp³-hybridized carbons (Fsp3) is 0.429. The average Bonchev–Trinajstić information content (AvgIpc) is 2.24. The zero-order valence-corrected chi connectivity index (χ0v) is 11.8. The van der Waals surface area contributed by atoms with Crippen molar-refractivity contribution < 1.29 is 0 Å². The number of hydrogen-bond donors (Lipinski definition) is 1. The lowest BCUT2D eigenvalue weighted by molar-refractivity contribution is 0.550. The SMILES string of the molecule is CCC(NCC=C(C)C)c1cccc(Br)c1. The zero-order valence-electron chi connectivity index (χ0n) is 10.3. The Hall–Kier alpha value is -0.600. The van der Waals surface area contributed by atoms with Gasteiger partial charge in [-0.2, -0.15) is 0 Å². The van der Waals surface area contributed by atoms with Crippen molar-refractivity contribution in [1.29, 1.82) is 0 Å². The van der Waals surface area contributed by atoms with Gasteiger partial charge in [-0.15, -0.1) is 0 Å². The molecule has 0 spiro atoms. The molecule has 1 atom stereocenters. The summed E-state index contributed by atoms with van der Waals surface area (Å²) < 4.78 is 1.15. The molecule has 1 N–H and O–H groups in total. The molecule has 0 amide bonds. The molecule has 0 aliphatic carbocycles. The second kappa shape index (κ2) is 6.87. The highest BCUT2D eigenvalue weighted by Crippen LogP contribution is 2.20. The third-order valence-corrected chi connectivity index (χ3v) is 3.03. The maximum absolute atomic E-state index is 3.55. The number of hydrogen-bond acceptors (Lipinski definition) is 1. The van der Waals surface area contributed by atoms with Gasteiger partial charge in [-0.25, -0.2) is 0 Å². The fourth-order valence-electron chi connectivity index (χ4n) is 1.63. The maximum atomic E-state index is 3.55. The van der Waals surface area contributed by atoms with Crippen LogP contribution in [0.25, 0.3) is 0 Å². The molecule has 0 aliphatic rings. The quantitative estimate of drug-likeness (QED) is 0.786. The molecule has 16 heavy (non-hydrogen) atoms. The highest BCUT2D eigenvalue weighted by Gasteiger charge is 2.07. The van der Waals surface area contributed by atoms with Crippen LogP contribution in [-0.4, -0.2) is 6.54 Å². The first kappa shape index (κ1) is 13.5. The van der Waals surface area contributed by atoms with Gasteiger partial charge in [0, 0.05) is 17.1 Å². The molecule has 0 heterocycles. The molecule has 1 rings (SSSR count). The molecule has 0 saturated carbocycles. The monoisotopic (exact) mass is 281 g/mol. The van der Waals surface area contributed by atoms with E-state index in [0.717, 1.165) is 17.4 Å². The Morgan fingerprint density at radius 2 is 2.19 bits per heavy atom. The number of nitrogens with one attached hydrogen (secondary N) is 1. The van der Waals surface area contributed by atoms with E-state index in [4.69, 9.17) is 0 Å². The third-order valence-electron chi connectivity index (χ3n) is 2.53. The van der Waals surface area contributed by atoms with Gasteiger partial charge >= 0.3 is 0 Å². The van der Waals surface area contributed by atoms with Crippen LogP contribution in [0.1, 0.15) is 38.8 Å². The van der Waals surface area contributed by atoms with Crippen LogP contribution in [0.5, 0.6) is 0 Å². The Balaban J connectivity index is 2.64. The Bertz CT molecular complexity index is 354. The number of halogens is 1. The van der Waals surface area contributed by atoms with Gasteiger partial charge < -0.3 is 5.32 Å². The minimum atomic E-state index is 0.438. The van der Waals surface area contributed by atoms with Crippen molar-refractivity contribution in [1.82, 2.24) is 5.32 Å². The van der Waals surface area contributed by atoms with E-state index in [2.05, 4.69) is 72.4 Å². The van der Waals surface area contributed by atoms with Gasteiger partial charge in [0.2, 0.25) is 0 Å². The van der Waals surface area contributed by atoms with Crippen molar-refractivity contribution in [2.75, 3.05) is 6.54 Å². The molecule has 1 nitrogen and oxygen atoms in total. The maximum Gasteiger partial charge on any atom is 0.0320 e. The highest BCUT2D eigenvalue weighted by atomic mass is 79.9. The van der Waals surface area contributed by atoms with Gasteiger partial charge in [-0.3, -0.25) is 0 Å². The van der Waals surface area contributed by atoms with Crippen LogP contribution in [0.2, 0.25) is 0 Å². The van der Waals surface area contributed by atoms with Crippen LogP contribution in [0.3, 0.4) is 0 Å². The summed E-state index contributed by atoms with van der Waals surface area (Å²) in [5.41, 5.74) is 2.70. The van der Waals surface area contributed by atoms with E-state index < -0.39 is 0 Å². The normalized spacial score (nSPS) is 12.2.